The maximum Gasteiger partial charge on any atom is 0.433 e. The fourth-order valence-corrected chi connectivity index (χ4v) is 4.36. The van der Waals surface area contributed by atoms with Crippen LogP contribution in [0.1, 0.15) is 5.69 Å². The number of hydrogen-bond acceptors (Lipinski definition) is 2. The van der Waals surface area contributed by atoms with Gasteiger partial charge < -0.3 is 0 Å². The van der Waals surface area contributed by atoms with Crippen LogP contribution in [-0.2, 0) is 6.18 Å². The monoisotopic (exact) mass is 571 g/mol. The van der Waals surface area contributed by atoms with E-state index >= 15 is 0 Å². The van der Waals surface area contributed by atoms with E-state index < -0.39 is 11.9 Å². The highest BCUT2D eigenvalue weighted by molar-refractivity contribution is 9.10. The molecule has 0 atom stereocenters. The molecule has 3 nitrogen and oxygen atoms in total. The van der Waals surface area contributed by atoms with Crippen molar-refractivity contribution in [1.29, 1.82) is 0 Å². The van der Waals surface area contributed by atoms with Crippen LogP contribution >= 0.6 is 31.9 Å². The standard InChI is InChI=1S/C25H14Br2F3N3/c26-18-11-9-15(10-12-18)20-14-21(25(28,29)30)33-24(31-20)22(16-5-2-1-3-6-16)23(32-33)17-7-4-8-19(27)13-17/h1-14H. The van der Waals surface area contributed by atoms with Gasteiger partial charge in [0.05, 0.1) is 11.3 Å². The van der Waals surface area contributed by atoms with Crippen LogP contribution in [0.4, 0.5) is 13.2 Å². The maximum absolute atomic E-state index is 14.2. The third-order valence-corrected chi connectivity index (χ3v) is 6.20. The summed E-state index contributed by atoms with van der Waals surface area (Å²) < 4.78 is 45.1. The molecule has 0 fully saturated rings. The Bertz CT molecular complexity index is 1460. The molecular formula is C25H14Br2F3N3. The van der Waals surface area contributed by atoms with Crippen molar-refractivity contribution in [2.24, 2.45) is 0 Å². The summed E-state index contributed by atoms with van der Waals surface area (Å²) in [6.07, 6.45) is -4.63. The molecule has 5 rings (SSSR count). The Morgan fingerprint density at radius 1 is 0.697 bits per heavy atom. The third kappa shape index (κ3) is 4.20. The number of aromatic nitrogens is 3. The van der Waals surface area contributed by atoms with Gasteiger partial charge in [-0.25, -0.2) is 9.50 Å². The van der Waals surface area contributed by atoms with Crippen LogP contribution in [0, 0.1) is 0 Å². The number of fused-ring (bicyclic) bond motifs is 1. The summed E-state index contributed by atoms with van der Waals surface area (Å²) in [4.78, 5) is 4.67. The first-order valence-electron chi connectivity index (χ1n) is 9.89. The molecule has 0 bridgehead atoms. The lowest BCUT2D eigenvalue weighted by molar-refractivity contribution is -0.142. The summed E-state index contributed by atoms with van der Waals surface area (Å²) in [7, 11) is 0. The van der Waals surface area contributed by atoms with Crippen molar-refractivity contribution in [3.63, 3.8) is 0 Å². The van der Waals surface area contributed by atoms with Crippen molar-refractivity contribution >= 4 is 37.5 Å². The fraction of sp³-hybridized carbons (Fsp3) is 0.0400. The minimum absolute atomic E-state index is 0.143. The number of rotatable bonds is 3. The Morgan fingerprint density at radius 3 is 2.06 bits per heavy atom. The fourth-order valence-electron chi connectivity index (χ4n) is 3.70. The number of hydrogen-bond donors (Lipinski definition) is 0. The van der Waals surface area contributed by atoms with Crippen LogP contribution < -0.4 is 0 Å². The van der Waals surface area contributed by atoms with Gasteiger partial charge >= 0.3 is 6.18 Å². The molecular weight excluding hydrogens is 559 g/mol. The quantitative estimate of drug-likeness (QED) is 0.218. The van der Waals surface area contributed by atoms with E-state index in [-0.39, 0.29) is 11.3 Å². The molecule has 0 saturated heterocycles. The Morgan fingerprint density at radius 2 is 1.39 bits per heavy atom. The Balaban J connectivity index is 1.89. The van der Waals surface area contributed by atoms with Gasteiger partial charge in [-0.1, -0.05) is 86.5 Å². The number of alkyl halides is 3. The van der Waals surface area contributed by atoms with E-state index in [4.69, 9.17) is 0 Å². The molecule has 33 heavy (non-hydrogen) atoms. The molecule has 2 aromatic heterocycles. The predicted molar refractivity (Wildman–Crippen MR) is 130 cm³/mol. The van der Waals surface area contributed by atoms with E-state index in [1.54, 1.807) is 24.3 Å². The largest absolute Gasteiger partial charge is 0.433 e. The van der Waals surface area contributed by atoms with Crippen molar-refractivity contribution in [3.05, 3.63) is 99.6 Å². The van der Waals surface area contributed by atoms with Crippen LogP contribution in [0.3, 0.4) is 0 Å². The van der Waals surface area contributed by atoms with E-state index in [2.05, 4.69) is 41.9 Å². The van der Waals surface area contributed by atoms with E-state index in [1.165, 1.54) is 0 Å². The van der Waals surface area contributed by atoms with Crippen LogP contribution in [0.25, 0.3) is 39.3 Å². The molecule has 0 unspecified atom stereocenters. The zero-order valence-corrected chi connectivity index (χ0v) is 20.0. The van der Waals surface area contributed by atoms with Crippen LogP contribution in [-0.4, -0.2) is 14.6 Å². The van der Waals surface area contributed by atoms with Gasteiger partial charge in [0.2, 0.25) is 0 Å². The molecule has 5 aromatic rings. The zero-order valence-electron chi connectivity index (χ0n) is 16.8. The first-order valence-corrected chi connectivity index (χ1v) is 11.5. The van der Waals surface area contributed by atoms with Crippen LogP contribution in [0.5, 0.6) is 0 Å². The molecule has 2 heterocycles. The second kappa shape index (κ2) is 8.43. The molecule has 0 radical (unpaired) electrons. The normalized spacial score (nSPS) is 11.8. The minimum atomic E-state index is -4.63. The van der Waals surface area contributed by atoms with Gasteiger partial charge in [-0.3, -0.25) is 0 Å². The van der Waals surface area contributed by atoms with Gasteiger partial charge in [-0.15, -0.1) is 0 Å². The van der Waals surface area contributed by atoms with Crippen molar-refractivity contribution < 1.29 is 13.2 Å². The van der Waals surface area contributed by atoms with Gasteiger partial charge in [0, 0.05) is 20.1 Å². The van der Waals surface area contributed by atoms with Gasteiger partial charge in [-0.2, -0.15) is 18.3 Å². The van der Waals surface area contributed by atoms with Crippen molar-refractivity contribution in [2.75, 3.05) is 0 Å². The maximum atomic E-state index is 14.2. The summed E-state index contributed by atoms with van der Waals surface area (Å²) in [5.41, 5.74) is 2.44. The minimum Gasteiger partial charge on any atom is -0.228 e. The number of benzene rings is 3. The number of halogens is 5. The molecule has 0 saturated carbocycles. The SMILES string of the molecule is FC(F)(F)c1cc(-c2ccc(Br)cc2)nc2c(-c3ccccc3)c(-c3cccc(Br)c3)nn12. The smallest absolute Gasteiger partial charge is 0.228 e. The van der Waals surface area contributed by atoms with E-state index in [9.17, 15) is 13.2 Å². The van der Waals surface area contributed by atoms with Gasteiger partial charge in [0.25, 0.3) is 0 Å². The lowest BCUT2D eigenvalue weighted by Gasteiger charge is -2.12. The second-order valence-electron chi connectivity index (χ2n) is 7.37. The van der Waals surface area contributed by atoms with Gasteiger partial charge in [-0.05, 0) is 35.9 Å². The second-order valence-corrected chi connectivity index (χ2v) is 9.20. The highest BCUT2D eigenvalue weighted by atomic mass is 79.9. The van der Waals surface area contributed by atoms with E-state index in [0.717, 1.165) is 25.1 Å². The first-order chi connectivity index (χ1) is 15.8. The lowest BCUT2D eigenvalue weighted by atomic mass is 10.0. The third-order valence-electron chi connectivity index (χ3n) is 5.18. The highest BCUT2D eigenvalue weighted by Gasteiger charge is 2.36. The number of nitrogens with zero attached hydrogens (tertiary/aromatic N) is 3. The average molecular weight is 573 g/mol. The Labute approximate surface area is 204 Å². The highest BCUT2D eigenvalue weighted by Crippen LogP contribution is 2.39. The Hall–Kier alpha value is -2.97. The molecule has 0 aliphatic rings. The average Bonchev–Trinajstić information content (AvgIpc) is 3.18. The molecule has 164 valence electrons. The lowest BCUT2D eigenvalue weighted by Crippen LogP contribution is -2.13. The summed E-state index contributed by atoms with van der Waals surface area (Å²) in [5, 5.41) is 4.42. The molecule has 0 spiro atoms. The molecule has 0 N–H and O–H groups in total. The van der Waals surface area contributed by atoms with Crippen LogP contribution in [0.2, 0.25) is 0 Å². The van der Waals surface area contributed by atoms with E-state index in [1.807, 2.05) is 54.6 Å². The molecule has 3 aromatic carbocycles. The van der Waals surface area contributed by atoms with Gasteiger partial charge in [0.1, 0.15) is 5.69 Å². The topological polar surface area (TPSA) is 30.2 Å². The summed E-state index contributed by atoms with van der Waals surface area (Å²) in [5.74, 6) is 0. The molecule has 8 heteroatoms. The molecule has 0 aliphatic heterocycles. The summed E-state index contributed by atoms with van der Waals surface area (Å²) >= 11 is 6.81. The first kappa shape index (κ1) is 21.9. The van der Waals surface area contributed by atoms with Crippen molar-refractivity contribution in [1.82, 2.24) is 14.6 Å². The molecule has 0 aliphatic carbocycles. The van der Waals surface area contributed by atoms with Gasteiger partial charge in [0.15, 0.2) is 11.3 Å². The van der Waals surface area contributed by atoms with Crippen molar-refractivity contribution in [2.45, 2.75) is 6.18 Å². The Kier molecular flexibility index (Phi) is 5.58. The van der Waals surface area contributed by atoms with Crippen LogP contribution in [0.15, 0.2) is 93.9 Å². The van der Waals surface area contributed by atoms with Crippen molar-refractivity contribution in [3.8, 4) is 33.6 Å². The predicted octanol–water partition coefficient (Wildman–Crippen LogP) is 8.27. The summed E-state index contributed by atoms with van der Waals surface area (Å²) in [6.45, 7) is 0. The summed E-state index contributed by atoms with van der Waals surface area (Å²) in [6, 6.07) is 24.6. The zero-order chi connectivity index (χ0) is 23.2. The van der Waals surface area contributed by atoms with E-state index in [0.29, 0.717) is 22.4 Å². The molecule has 0 amide bonds.